The molecule has 0 unspecified atom stereocenters. The van der Waals surface area contributed by atoms with Gasteiger partial charge in [-0.15, -0.1) is 0 Å². The third kappa shape index (κ3) is 1.37. The molecule has 0 aliphatic rings. The van der Waals surface area contributed by atoms with E-state index in [9.17, 15) is 8.42 Å². The maximum atomic E-state index is 11.2. The Balaban J connectivity index is 2.95. The van der Waals surface area contributed by atoms with Gasteiger partial charge in [0.1, 0.15) is 5.65 Å². The minimum absolute atomic E-state index is 0.112. The lowest BCUT2D eigenvalue weighted by atomic mass is 10.5. The molecule has 0 aromatic carbocycles. The lowest BCUT2D eigenvalue weighted by Crippen LogP contribution is -2.14. The zero-order chi connectivity index (χ0) is 10.3. The average Bonchev–Trinajstić information content (AvgIpc) is 2.38. The van der Waals surface area contributed by atoms with Gasteiger partial charge in [0.2, 0.25) is 0 Å². The van der Waals surface area contributed by atoms with Gasteiger partial charge in [0.05, 0.1) is 0 Å². The van der Waals surface area contributed by atoms with E-state index in [2.05, 4.69) is 4.98 Å². The van der Waals surface area contributed by atoms with E-state index in [1.807, 2.05) is 0 Å². The minimum atomic E-state index is -3.85. The molecule has 0 saturated heterocycles. The van der Waals surface area contributed by atoms with Gasteiger partial charge >= 0.3 is 0 Å². The van der Waals surface area contributed by atoms with Crippen molar-refractivity contribution in [1.29, 1.82) is 0 Å². The van der Waals surface area contributed by atoms with Crippen molar-refractivity contribution in [2.24, 2.45) is 5.14 Å². The van der Waals surface area contributed by atoms with Crippen LogP contribution in [-0.2, 0) is 10.0 Å². The number of nitrogens with two attached hydrogens (primary N) is 1. The fourth-order valence-electron chi connectivity index (χ4n) is 1.20. The Kier molecular flexibility index (Phi) is 1.99. The van der Waals surface area contributed by atoms with Crippen LogP contribution < -0.4 is 5.14 Å². The van der Waals surface area contributed by atoms with E-state index in [1.54, 1.807) is 18.2 Å². The standard InChI is InChI=1S/C7H6ClN3O2S/c8-6-7(14(9,12)13)11-4-2-1-3-5(11)10-6/h1-4H,(H2,9,12,13)/i7+1. The highest BCUT2D eigenvalue weighted by atomic mass is 35.5. The first-order valence-electron chi connectivity index (χ1n) is 3.65. The number of hydrogen-bond acceptors (Lipinski definition) is 3. The smallest absolute Gasteiger partial charge is 0.257 e. The highest BCUT2D eigenvalue weighted by molar-refractivity contribution is 7.89. The van der Waals surface area contributed by atoms with E-state index >= 15 is 0 Å². The third-order valence-electron chi connectivity index (χ3n) is 1.72. The Morgan fingerprint density at radius 3 is 2.79 bits per heavy atom. The molecule has 2 aromatic heterocycles. The summed E-state index contributed by atoms with van der Waals surface area (Å²) in [5.74, 6) is 0. The number of primary sulfonamides is 1. The second-order valence-electron chi connectivity index (χ2n) is 2.68. The summed E-state index contributed by atoms with van der Waals surface area (Å²) in [7, 11) is -3.85. The Labute approximate surface area is 85.2 Å². The normalized spacial score (nSPS) is 12.1. The molecule has 2 rings (SSSR count). The molecule has 5 nitrogen and oxygen atoms in total. The highest BCUT2D eigenvalue weighted by Crippen LogP contribution is 2.20. The van der Waals surface area contributed by atoms with Crippen molar-refractivity contribution < 1.29 is 8.42 Å². The van der Waals surface area contributed by atoms with E-state index in [0.29, 0.717) is 5.65 Å². The molecule has 0 aliphatic carbocycles. The summed E-state index contributed by atoms with van der Waals surface area (Å²) in [6.07, 6.45) is 1.54. The fraction of sp³-hybridized carbons (Fsp3) is 0. The summed E-state index contributed by atoms with van der Waals surface area (Å²) in [6.45, 7) is 0. The number of fused-ring (bicyclic) bond motifs is 1. The molecule has 0 aliphatic heterocycles. The first-order valence-corrected chi connectivity index (χ1v) is 5.58. The molecule has 2 heterocycles. The average molecular weight is 233 g/mol. The van der Waals surface area contributed by atoms with Crippen molar-refractivity contribution in [3.63, 3.8) is 0 Å². The van der Waals surface area contributed by atoms with Crippen LogP contribution in [0.4, 0.5) is 0 Å². The zero-order valence-corrected chi connectivity index (χ0v) is 8.46. The van der Waals surface area contributed by atoms with Crippen molar-refractivity contribution in [2.75, 3.05) is 0 Å². The molecular formula is C7H6ClN3O2S. The molecule has 0 fully saturated rings. The lowest BCUT2D eigenvalue weighted by molar-refractivity contribution is 0.593. The lowest BCUT2D eigenvalue weighted by Gasteiger charge is -1.97. The largest absolute Gasteiger partial charge is 0.288 e. The monoisotopic (exact) mass is 232 g/mol. The van der Waals surface area contributed by atoms with Gasteiger partial charge in [0, 0.05) is 6.20 Å². The summed E-state index contributed by atoms with van der Waals surface area (Å²) in [5, 5.41) is 4.70. The molecule has 74 valence electrons. The van der Waals surface area contributed by atoms with Gasteiger partial charge in [-0.2, -0.15) is 0 Å². The van der Waals surface area contributed by atoms with E-state index < -0.39 is 10.0 Å². The molecule has 0 spiro atoms. The van der Waals surface area contributed by atoms with Crippen LogP contribution in [0.3, 0.4) is 0 Å². The van der Waals surface area contributed by atoms with Crippen molar-refractivity contribution in [3.05, 3.63) is 29.5 Å². The van der Waals surface area contributed by atoms with Crippen LogP contribution in [0.5, 0.6) is 0 Å². The molecule has 2 N–H and O–H groups in total. The van der Waals surface area contributed by atoms with Crippen LogP contribution in [0, 0.1) is 0 Å². The highest BCUT2D eigenvalue weighted by Gasteiger charge is 2.19. The summed E-state index contributed by atoms with van der Waals surface area (Å²) >= 11 is 5.66. The van der Waals surface area contributed by atoms with Crippen LogP contribution in [0.25, 0.3) is 5.65 Å². The van der Waals surface area contributed by atoms with E-state index in [4.69, 9.17) is 16.7 Å². The van der Waals surface area contributed by atoms with E-state index in [1.165, 1.54) is 10.6 Å². The van der Waals surface area contributed by atoms with Gasteiger partial charge in [0.15, 0.2) is 10.2 Å². The third-order valence-corrected chi connectivity index (χ3v) is 3.02. The SMILES string of the molecule is NS(=O)(=O)[13c]1c(Cl)nc2ccccn21. The van der Waals surface area contributed by atoms with Gasteiger partial charge in [-0.25, -0.2) is 18.5 Å². The summed E-state index contributed by atoms with van der Waals surface area (Å²) < 4.78 is 23.7. The number of aromatic nitrogens is 2. The number of sulfonamides is 1. The summed E-state index contributed by atoms with van der Waals surface area (Å²) in [6, 6.07) is 5.03. The first kappa shape index (κ1) is 9.45. The van der Waals surface area contributed by atoms with Gasteiger partial charge in [0.25, 0.3) is 10.0 Å². The number of nitrogens with zero attached hydrogens (tertiary/aromatic N) is 2. The first-order chi connectivity index (χ1) is 6.50. The predicted octanol–water partition coefficient (Wildman–Crippen LogP) is 0.635. The number of hydrogen-bond donors (Lipinski definition) is 1. The summed E-state index contributed by atoms with van der Waals surface area (Å²) in [5.41, 5.74) is 0.446. The maximum Gasteiger partial charge on any atom is 0.257 e. The van der Waals surface area contributed by atoms with E-state index in [0.717, 1.165) is 0 Å². The maximum absolute atomic E-state index is 11.2. The van der Waals surface area contributed by atoms with Crippen molar-refractivity contribution in [3.8, 4) is 0 Å². The van der Waals surface area contributed by atoms with Gasteiger partial charge in [-0.05, 0) is 12.1 Å². The second kappa shape index (κ2) is 2.94. The summed E-state index contributed by atoms with van der Waals surface area (Å²) in [4.78, 5) is 3.85. The van der Waals surface area contributed by atoms with Crippen LogP contribution in [0.1, 0.15) is 0 Å². The molecule has 0 saturated carbocycles. The molecule has 14 heavy (non-hydrogen) atoms. The van der Waals surface area contributed by atoms with Crippen LogP contribution >= 0.6 is 11.6 Å². The van der Waals surface area contributed by atoms with Crippen molar-refractivity contribution >= 4 is 27.3 Å². The van der Waals surface area contributed by atoms with Gasteiger partial charge in [-0.3, -0.25) is 4.40 Å². The van der Waals surface area contributed by atoms with Crippen molar-refractivity contribution in [1.82, 2.24) is 9.38 Å². The molecular weight excluding hydrogens is 227 g/mol. The predicted molar refractivity (Wildman–Crippen MR) is 51.6 cm³/mol. The minimum Gasteiger partial charge on any atom is -0.288 e. The quantitative estimate of drug-likeness (QED) is 0.784. The molecule has 0 radical (unpaired) electrons. The number of pyridine rings is 1. The van der Waals surface area contributed by atoms with Gasteiger partial charge in [-0.1, -0.05) is 17.7 Å². The van der Waals surface area contributed by atoms with Crippen molar-refractivity contribution in [2.45, 2.75) is 5.03 Å². The molecule has 7 heteroatoms. The second-order valence-corrected chi connectivity index (χ2v) is 4.52. The molecule has 0 bridgehead atoms. The zero-order valence-electron chi connectivity index (χ0n) is 6.88. The number of halogens is 1. The molecule has 0 atom stereocenters. The Morgan fingerprint density at radius 1 is 1.43 bits per heavy atom. The number of imidazole rings is 1. The Morgan fingerprint density at radius 2 is 2.14 bits per heavy atom. The van der Waals surface area contributed by atoms with Crippen LogP contribution in [-0.4, -0.2) is 17.8 Å². The Bertz CT molecular complexity index is 590. The topological polar surface area (TPSA) is 77.5 Å². The Hall–Kier alpha value is -1.11. The van der Waals surface area contributed by atoms with Crippen LogP contribution in [0.15, 0.2) is 29.4 Å². The fourth-order valence-corrected chi connectivity index (χ4v) is 2.41. The van der Waals surface area contributed by atoms with E-state index in [-0.39, 0.29) is 10.2 Å². The molecule has 2 aromatic rings. The van der Waals surface area contributed by atoms with Gasteiger partial charge < -0.3 is 0 Å². The van der Waals surface area contributed by atoms with Crippen LogP contribution in [0.2, 0.25) is 5.15 Å². The molecule has 0 amide bonds. The number of rotatable bonds is 1.